The van der Waals surface area contributed by atoms with Crippen LogP contribution in [0.15, 0.2) is 33.5 Å². The first-order valence-corrected chi connectivity index (χ1v) is 5.24. The summed E-state index contributed by atoms with van der Waals surface area (Å²) in [6, 6.07) is 5.32. The highest BCUT2D eigenvalue weighted by Gasteiger charge is 2.12. The molecule has 0 fully saturated rings. The van der Waals surface area contributed by atoms with Crippen molar-refractivity contribution in [2.75, 3.05) is 0 Å². The fraction of sp³-hybridized carbons (Fsp3) is 0. The van der Waals surface area contributed by atoms with Crippen LogP contribution in [0.2, 0.25) is 5.02 Å². The average molecular weight is 287 g/mol. The van der Waals surface area contributed by atoms with Gasteiger partial charge in [0.1, 0.15) is 12.0 Å². The Morgan fingerprint density at radius 3 is 3.00 bits per heavy atom. The minimum absolute atomic E-state index is 0.384. The normalized spacial score (nSPS) is 10.3. The third-order valence-electron chi connectivity index (χ3n) is 1.91. The van der Waals surface area contributed by atoms with E-state index >= 15 is 0 Å². The van der Waals surface area contributed by atoms with Crippen LogP contribution in [0.1, 0.15) is 10.4 Å². The van der Waals surface area contributed by atoms with E-state index in [4.69, 9.17) is 16.1 Å². The average Bonchev–Trinajstić information content (AvgIpc) is 2.69. The Labute approximate surface area is 99.2 Å². The molecular formula is C10H5BrClNO2. The molecule has 0 saturated heterocycles. The molecule has 2 aromatic rings. The van der Waals surface area contributed by atoms with Crippen molar-refractivity contribution in [1.29, 1.82) is 0 Å². The molecule has 0 aliphatic heterocycles. The van der Waals surface area contributed by atoms with Crippen molar-refractivity contribution < 1.29 is 9.32 Å². The molecule has 15 heavy (non-hydrogen) atoms. The summed E-state index contributed by atoms with van der Waals surface area (Å²) in [7, 11) is 0. The Morgan fingerprint density at radius 1 is 1.47 bits per heavy atom. The van der Waals surface area contributed by atoms with Crippen LogP contribution in [0.3, 0.4) is 0 Å². The number of hydrogen-bond donors (Lipinski definition) is 0. The van der Waals surface area contributed by atoms with Crippen molar-refractivity contribution in [3.8, 4) is 11.3 Å². The molecule has 0 atom stereocenters. The van der Waals surface area contributed by atoms with E-state index in [1.54, 1.807) is 12.1 Å². The number of hydrogen-bond acceptors (Lipinski definition) is 3. The summed E-state index contributed by atoms with van der Waals surface area (Å²) in [5, 5.41) is 4.27. The molecule has 0 saturated carbocycles. The van der Waals surface area contributed by atoms with Crippen molar-refractivity contribution in [2.24, 2.45) is 0 Å². The van der Waals surface area contributed by atoms with Gasteiger partial charge in [0.25, 0.3) is 0 Å². The fourth-order valence-electron chi connectivity index (χ4n) is 1.21. The van der Waals surface area contributed by atoms with E-state index in [2.05, 4.69) is 21.1 Å². The summed E-state index contributed by atoms with van der Waals surface area (Å²) in [5.41, 5.74) is 1.51. The maximum Gasteiger partial charge on any atom is 0.155 e. The number of halogens is 2. The summed E-state index contributed by atoms with van der Waals surface area (Å²) in [6.45, 7) is 0. The molecule has 1 heterocycles. The van der Waals surface area contributed by atoms with Gasteiger partial charge in [-0.1, -0.05) is 32.7 Å². The lowest BCUT2D eigenvalue weighted by Gasteiger charge is -2.01. The third kappa shape index (κ3) is 1.96. The van der Waals surface area contributed by atoms with Gasteiger partial charge >= 0.3 is 0 Å². The van der Waals surface area contributed by atoms with Gasteiger partial charge in [-0.05, 0) is 18.2 Å². The highest BCUT2D eigenvalue weighted by molar-refractivity contribution is 9.10. The number of benzene rings is 1. The van der Waals surface area contributed by atoms with Crippen LogP contribution in [-0.4, -0.2) is 11.4 Å². The number of aldehydes is 1. The van der Waals surface area contributed by atoms with Crippen molar-refractivity contribution in [1.82, 2.24) is 5.16 Å². The topological polar surface area (TPSA) is 43.1 Å². The molecular weight excluding hydrogens is 281 g/mol. The zero-order valence-electron chi connectivity index (χ0n) is 7.41. The van der Waals surface area contributed by atoms with Gasteiger partial charge in [0.2, 0.25) is 0 Å². The molecule has 3 nitrogen and oxygen atoms in total. The van der Waals surface area contributed by atoms with Crippen molar-refractivity contribution in [3.63, 3.8) is 0 Å². The molecule has 0 spiro atoms. The van der Waals surface area contributed by atoms with Crippen LogP contribution in [-0.2, 0) is 0 Å². The molecule has 0 N–H and O–H groups in total. The first-order chi connectivity index (χ1) is 7.22. The Morgan fingerprint density at radius 2 is 2.27 bits per heavy atom. The quantitative estimate of drug-likeness (QED) is 0.793. The minimum atomic E-state index is 0.384. The monoisotopic (exact) mass is 285 g/mol. The number of carbonyl (C=O) groups is 1. The number of nitrogens with zero attached hydrogens (tertiary/aromatic N) is 1. The first-order valence-electron chi connectivity index (χ1n) is 4.07. The highest BCUT2D eigenvalue weighted by Crippen LogP contribution is 2.31. The van der Waals surface area contributed by atoms with E-state index < -0.39 is 0 Å². The zero-order chi connectivity index (χ0) is 10.8. The van der Waals surface area contributed by atoms with E-state index in [9.17, 15) is 4.79 Å². The second-order valence-corrected chi connectivity index (χ2v) is 4.18. The van der Waals surface area contributed by atoms with Crippen LogP contribution >= 0.6 is 27.5 Å². The summed E-state index contributed by atoms with van der Waals surface area (Å²) in [5.74, 6) is 0. The number of aromatic nitrogens is 1. The maximum atomic E-state index is 10.7. The van der Waals surface area contributed by atoms with E-state index in [0.717, 1.165) is 4.47 Å². The second kappa shape index (κ2) is 4.16. The van der Waals surface area contributed by atoms with Crippen molar-refractivity contribution in [2.45, 2.75) is 0 Å². The van der Waals surface area contributed by atoms with Crippen LogP contribution in [0.5, 0.6) is 0 Å². The van der Waals surface area contributed by atoms with Crippen molar-refractivity contribution in [3.05, 3.63) is 39.5 Å². The Hall–Kier alpha value is -1.13. The summed E-state index contributed by atoms with van der Waals surface area (Å²) < 4.78 is 5.59. The lowest BCUT2D eigenvalue weighted by molar-refractivity contribution is 0.112. The molecule has 0 bridgehead atoms. The first kappa shape index (κ1) is 10.4. The molecule has 0 unspecified atom stereocenters. The molecule has 0 aliphatic rings. The number of rotatable bonds is 2. The van der Waals surface area contributed by atoms with Crippen LogP contribution < -0.4 is 0 Å². The predicted octanol–water partition coefficient (Wildman–Crippen LogP) is 3.57. The maximum absolute atomic E-state index is 10.7. The molecule has 1 aromatic heterocycles. The zero-order valence-corrected chi connectivity index (χ0v) is 9.75. The smallest absolute Gasteiger partial charge is 0.155 e. The minimum Gasteiger partial charge on any atom is -0.363 e. The van der Waals surface area contributed by atoms with Gasteiger partial charge < -0.3 is 4.52 Å². The van der Waals surface area contributed by atoms with Crippen molar-refractivity contribution >= 4 is 33.8 Å². The van der Waals surface area contributed by atoms with Crippen LogP contribution in [0.25, 0.3) is 11.3 Å². The summed E-state index contributed by atoms with van der Waals surface area (Å²) in [4.78, 5) is 10.7. The van der Waals surface area contributed by atoms with Gasteiger partial charge in [0.15, 0.2) is 6.29 Å². The standard InChI is InChI=1S/C10H5BrClNO2/c11-7-1-2-9(12)8(3-7)10-6(4-14)5-15-13-10/h1-5H. The molecule has 1 aromatic carbocycles. The molecule has 76 valence electrons. The van der Waals surface area contributed by atoms with E-state index in [1.807, 2.05) is 6.07 Å². The molecule has 0 amide bonds. The number of carbonyl (C=O) groups excluding carboxylic acids is 1. The Bertz CT molecular complexity index is 510. The molecule has 5 heteroatoms. The Balaban J connectivity index is 2.62. The van der Waals surface area contributed by atoms with Gasteiger partial charge in [-0.2, -0.15) is 0 Å². The van der Waals surface area contributed by atoms with Crippen LogP contribution in [0, 0.1) is 0 Å². The van der Waals surface area contributed by atoms with E-state index in [0.29, 0.717) is 28.1 Å². The van der Waals surface area contributed by atoms with Gasteiger partial charge in [-0.25, -0.2) is 0 Å². The fourth-order valence-corrected chi connectivity index (χ4v) is 1.78. The van der Waals surface area contributed by atoms with E-state index in [1.165, 1.54) is 6.26 Å². The predicted molar refractivity (Wildman–Crippen MR) is 60.0 cm³/mol. The third-order valence-corrected chi connectivity index (χ3v) is 2.73. The SMILES string of the molecule is O=Cc1conc1-c1cc(Br)ccc1Cl. The summed E-state index contributed by atoms with van der Waals surface area (Å²) >= 11 is 9.32. The second-order valence-electron chi connectivity index (χ2n) is 2.86. The highest BCUT2D eigenvalue weighted by atomic mass is 79.9. The Kier molecular flexibility index (Phi) is 2.88. The van der Waals surface area contributed by atoms with Gasteiger partial charge in [-0.15, -0.1) is 0 Å². The van der Waals surface area contributed by atoms with Gasteiger partial charge in [-0.3, -0.25) is 4.79 Å². The lowest BCUT2D eigenvalue weighted by atomic mass is 10.1. The van der Waals surface area contributed by atoms with Gasteiger partial charge in [0.05, 0.1) is 10.6 Å². The van der Waals surface area contributed by atoms with E-state index in [-0.39, 0.29) is 0 Å². The largest absolute Gasteiger partial charge is 0.363 e. The summed E-state index contributed by atoms with van der Waals surface area (Å²) in [6.07, 6.45) is 1.97. The van der Waals surface area contributed by atoms with Crippen LogP contribution in [0.4, 0.5) is 0 Å². The molecule has 2 rings (SSSR count). The molecule has 0 radical (unpaired) electrons. The molecule has 0 aliphatic carbocycles. The lowest BCUT2D eigenvalue weighted by Crippen LogP contribution is -1.85. The van der Waals surface area contributed by atoms with Gasteiger partial charge in [0, 0.05) is 10.0 Å².